The van der Waals surface area contributed by atoms with Crippen LogP contribution in [0.15, 0.2) is 35.0 Å². The quantitative estimate of drug-likeness (QED) is 0.938. The van der Waals surface area contributed by atoms with Crippen LogP contribution in [-0.2, 0) is 13.0 Å². The number of rotatable bonds is 3. The van der Waals surface area contributed by atoms with Crippen molar-refractivity contribution >= 4 is 17.3 Å². The largest absolute Gasteiger partial charge is 0.478 e. The zero-order chi connectivity index (χ0) is 14.1. The summed E-state index contributed by atoms with van der Waals surface area (Å²) in [7, 11) is 0. The van der Waals surface area contributed by atoms with Gasteiger partial charge in [0.15, 0.2) is 0 Å². The maximum Gasteiger partial charge on any atom is 0.335 e. The molecule has 1 N–H and O–H groups in total. The Morgan fingerprint density at radius 1 is 1.40 bits per heavy atom. The van der Waals surface area contributed by atoms with Gasteiger partial charge >= 0.3 is 5.97 Å². The van der Waals surface area contributed by atoms with Crippen molar-refractivity contribution in [2.75, 3.05) is 6.54 Å². The van der Waals surface area contributed by atoms with Gasteiger partial charge in [-0.3, -0.25) is 4.90 Å². The molecule has 1 aliphatic heterocycles. The Balaban J connectivity index is 1.86. The molecule has 2 heterocycles. The summed E-state index contributed by atoms with van der Waals surface area (Å²) in [6, 6.07) is 8.15. The van der Waals surface area contributed by atoms with E-state index in [1.165, 1.54) is 5.56 Å². The molecule has 0 aliphatic carbocycles. The highest BCUT2D eigenvalue weighted by molar-refractivity contribution is 7.07. The Kier molecular flexibility index (Phi) is 3.59. The summed E-state index contributed by atoms with van der Waals surface area (Å²) in [6.45, 7) is 3.95. The van der Waals surface area contributed by atoms with E-state index in [1.807, 2.05) is 12.1 Å². The summed E-state index contributed by atoms with van der Waals surface area (Å²) in [5.41, 5.74) is 3.96. The molecule has 0 amide bonds. The summed E-state index contributed by atoms with van der Waals surface area (Å²) >= 11 is 1.72. The molecule has 1 aromatic heterocycles. The molecule has 0 radical (unpaired) electrons. The lowest BCUT2D eigenvalue weighted by atomic mass is 9.93. The summed E-state index contributed by atoms with van der Waals surface area (Å²) in [5, 5.41) is 13.5. The van der Waals surface area contributed by atoms with Gasteiger partial charge in [0.25, 0.3) is 0 Å². The smallest absolute Gasteiger partial charge is 0.335 e. The molecule has 3 rings (SSSR count). The number of carbonyl (C=O) groups is 1. The van der Waals surface area contributed by atoms with Gasteiger partial charge in [0.05, 0.1) is 5.56 Å². The number of hydrogen-bond acceptors (Lipinski definition) is 3. The monoisotopic (exact) mass is 287 g/mol. The molecule has 0 bridgehead atoms. The fourth-order valence-electron chi connectivity index (χ4n) is 2.89. The average molecular weight is 287 g/mol. The Labute approximate surface area is 122 Å². The average Bonchev–Trinajstić information content (AvgIpc) is 2.99. The topological polar surface area (TPSA) is 40.5 Å². The van der Waals surface area contributed by atoms with E-state index in [0.717, 1.165) is 30.6 Å². The van der Waals surface area contributed by atoms with Crippen molar-refractivity contribution in [2.45, 2.75) is 25.9 Å². The Morgan fingerprint density at radius 2 is 2.25 bits per heavy atom. The van der Waals surface area contributed by atoms with E-state index in [9.17, 15) is 9.90 Å². The summed E-state index contributed by atoms with van der Waals surface area (Å²) in [6.07, 6.45) is 0.812. The predicted molar refractivity (Wildman–Crippen MR) is 80.2 cm³/mol. The first-order valence-electron chi connectivity index (χ1n) is 6.77. The molecular weight excluding hydrogens is 270 g/mol. The van der Waals surface area contributed by atoms with Gasteiger partial charge in [-0.15, -0.1) is 0 Å². The highest BCUT2D eigenvalue weighted by Crippen LogP contribution is 2.30. The van der Waals surface area contributed by atoms with E-state index in [0.29, 0.717) is 11.6 Å². The van der Waals surface area contributed by atoms with E-state index in [-0.39, 0.29) is 0 Å². The number of benzene rings is 1. The molecular formula is C16H17NO2S. The Hall–Kier alpha value is -1.65. The minimum atomic E-state index is -0.818. The minimum Gasteiger partial charge on any atom is -0.478 e. The number of thiophene rings is 1. The van der Waals surface area contributed by atoms with Crippen LogP contribution in [-0.4, -0.2) is 22.5 Å². The van der Waals surface area contributed by atoms with Crippen molar-refractivity contribution in [1.82, 2.24) is 4.90 Å². The standard InChI is InChI=1S/C16H17NO2S/c1-11(13-6-8-20-10-13)17-7-5-14-12(9-17)3-2-4-15(14)16(18)19/h2-4,6,8,10-11H,5,7,9H2,1H3,(H,18,19). The van der Waals surface area contributed by atoms with Gasteiger partial charge in [-0.2, -0.15) is 11.3 Å². The first-order chi connectivity index (χ1) is 9.66. The fraction of sp³-hybridized carbons (Fsp3) is 0.312. The number of aromatic carboxylic acids is 1. The van der Waals surface area contributed by atoms with Crippen molar-refractivity contribution in [3.63, 3.8) is 0 Å². The molecule has 20 heavy (non-hydrogen) atoms. The summed E-state index contributed by atoms with van der Waals surface area (Å²) < 4.78 is 0. The second-order valence-electron chi connectivity index (χ2n) is 5.20. The predicted octanol–water partition coefficient (Wildman–Crippen LogP) is 3.57. The number of carboxylic acids is 1. The molecule has 1 atom stereocenters. The molecule has 104 valence electrons. The van der Waals surface area contributed by atoms with Gasteiger partial charge < -0.3 is 5.11 Å². The van der Waals surface area contributed by atoms with Gasteiger partial charge in [0, 0.05) is 19.1 Å². The highest BCUT2D eigenvalue weighted by Gasteiger charge is 2.24. The number of hydrogen-bond donors (Lipinski definition) is 1. The highest BCUT2D eigenvalue weighted by atomic mass is 32.1. The molecule has 3 nitrogen and oxygen atoms in total. The third-order valence-corrected chi connectivity index (χ3v) is 4.80. The van der Waals surface area contributed by atoms with Gasteiger partial charge in [-0.05, 0) is 52.9 Å². The van der Waals surface area contributed by atoms with Crippen LogP contribution in [0.25, 0.3) is 0 Å². The first-order valence-corrected chi connectivity index (χ1v) is 7.71. The first kappa shape index (κ1) is 13.3. The van der Waals surface area contributed by atoms with Crippen LogP contribution in [0.3, 0.4) is 0 Å². The number of fused-ring (bicyclic) bond motifs is 1. The Bertz CT molecular complexity index is 621. The second kappa shape index (κ2) is 5.38. The van der Waals surface area contributed by atoms with E-state index in [4.69, 9.17) is 0 Å². The number of nitrogens with zero attached hydrogens (tertiary/aromatic N) is 1. The van der Waals surface area contributed by atoms with Gasteiger partial charge in [0.2, 0.25) is 0 Å². The lowest BCUT2D eigenvalue weighted by Gasteiger charge is -2.34. The number of carboxylic acid groups (broad SMARTS) is 1. The van der Waals surface area contributed by atoms with Crippen LogP contribution in [0.4, 0.5) is 0 Å². The van der Waals surface area contributed by atoms with Crippen molar-refractivity contribution in [3.05, 3.63) is 57.3 Å². The van der Waals surface area contributed by atoms with Gasteiger partial charge in [-0.25, -0.2) is 4.79 Å². The summed E-state index contributed by atoms with van der Waals surface area (Å²) in [5.74, 6) is -0.818. The van der Waals surface area contributed by atoms with E-state index < -0.39 is 5.97 Å². The van der Waals surface area contributed by atoms with Crippen molar-refractivity contribution in [2.24, 2.45) is 0 Å². The third-order valence-electron chi connectivity index (χ3n) is 4.10. The molecule has 0 fully saturated rings. The minimum absolute atomic E-state index is 0.378. The molecule has 1 aromatic carbocycles. The molecule has 1 aliphatic rings. The SMILES string of the molecule is CC(c1ccsc1)N1CCc2c(cccc2C(=O)O)C1. The van der Waals surface area contributed by atoms with Crippen LogP contribution in [0.2, 0.25) is 0 Å². The van der Waals surface area contributed by atoms with Crippen LogP contribution in [0.5, 0.6) is 0 Å². The molecule has 4 heteroatoms. The zero-order valence-corrected chi connectivity index (χ0v) is 12.2. The van der Waals surface area contributed by atoms with Gasteiger partial charge in [-0.1, -0.05) is 12.1 Å². The second-order valence-corrected chi connectivity index (χ2v) is 5.98. The normalized spacial score (nSPS) is 16.6. The van der Waals surface area contributed by atoms with E-state index >= 15 is 0 Å². The van der Waals surface area contributed by atoms with Crippen molar-refractivity contribution in [3.8, 4) is 0 Å². The Morgan fingerprint density at radius 3 is 2.95 bits per heavy atom. The van der Waals surface area contributed by atoms with Crippen molar-refractivity contribution in [1.29, 1.82) is 0 Å². The molecule has 1 unspecified atom stereocenters. The lowest BCUT2D eigenvalue weighted by molar-refractivity contribution is 0.0694. The third kappa shape index (κ3) is 2.37. The molecule has 0 saturated heterocycles. The maximum atomic E-state index is 11.3. The molecule has 0 saturated carbocycles. The van der Waals surface area contributed by atoms with E-state index in [1.54, 1.807) is 17.4 Å². The van der Waals surface area contributed by atoms with E-state index in [2.05, 4.69) is 28.7 Å². The lowest BCUT2D eigenvalue weighted by Crippen LogP contribution is -2.33. The van der Waals surface area contributed by atoms with Crippen LogP contribution < -0.4 is 0 Å². The van der Waals surface area contributed by atoms with Crippen LogP contribution >= 0.6 is 11.3 Å². The van der Waals surface area contributed by atoms with Crippen molar-refractivity contribution < 1.29 is 9.90 Å². The zero-order valence-electron chi connectivity index (χ0n) is 11.4. The molecule has 2 aromatic rings. The van der Waals surface area contributed by atoms with Crippen LogP contribution in [0.1, 0.15) is 40.0 Å². The van der Waals surface area contributed by atoms with Crippen LogP contribution in [0, 0.1) is 0 Å². The van der Waals surface area contributed by atoms with Gasteiger partial charge in [0.1, 0.15) is 0 Å². The maximum absolute atomic E-state index is 11.3. The summed E-state index contributed by atoms with van der Waals surface area (Å²) in [4.78, 5) is 13.7. The molecule has 0 spiro atoms. The fourth-order valence-corrected chi connectivity index (χ4v) is 3.63.